The number of nitrogens with zero attached hydrogens (tertiary/aromatic N) is 2. The third-order valence-corrected chi connectivity index (χ3v) is 11.2. The number of aromatic amines is 1. The van der Waals surface area contributed by atoms with Crippen molar-refractivity contribution in [3.8, 4) is 5.75 Å². The molecule has 0 radical (unpaired) electrons. The lowest BCUT2D eigenvalue weighted by Crippen LogP contribution is -2.61. The number of rotatable bonds is 32. The van der Waals surface area contributed by atoms with Gasteiger partial charge in [0.25, 0.3) is 0 Å². The van der Waals surface area contributed by atoms with Crippen molar-refractivity contribution in [3.63, 3.8) is 0 Å². The summed E-state index contributed by atoms with van der Waals surface area (Å²) in [6, 6.07) is 1.22. The lowest BCUT2D eigenvalue weighted by Gasteiger charge is -2.27. The van der Waals surface area contributed by atoms with Crippen LogP contribution < -0.4 is 54.0 Å². The SMILES string of the molecule is CC(=O)N[C@@H](CO)C(=O)N[C@@H](Cc1ccc(O)cc1)C(=O)N[C@@H](CO)C(=O)N[C@@H](CS)C(=O)N[C@@H](CCC(=O)O)C(=O)N[C@@H](Cc1cnc[nH]1)C(=O)N[C@@H](Cc1ccccc1)C(=O)N[C@@H](CCCN=C(N)N)C(=O)O. The number of carboxylic acids is 2. The molecule has 8 atom stereocenters. The maximum absolute atomic E-state index is 14.2. The van der Waals surface area contributed by atoms with E-state index in [0.29, 0.717) is 16.8 Å². The van der Waals surface area contributed by atoms with Gasteiger partial charge in [-0.3, -0.25) is 48.1 Å². The molecule has 0 saturated heterocycles. The van der Waals surface area contributed by atoms with E-state index in [9.17, 15) is 73.5 Å². The standard InChI is InChI=1S/C46H63N13O15S/c1-24(62)52-34(20-60)42(70)56-32(17-26-9-11-28(63)12-10-26)40(68)58-35(21-61)43(71)59-36(22-75)44(72)53-29(13-14-37(64)65)38(66)57-33(18-27-19-49-23-51-27)41(69)55-31(16-25-6-3-2-4-7-25)39(67)54-30(45(73)74)8-5-15-50-46(47)48/h2-4,6-7,9-12,19,23,29-36,60-61,63,75H,5,8,13-18,20-22H2,1H3,(H,49,51)(H,52,62)(H,53,72)(H,54,67)(H,55,69)(H,56,70)(H,57,66)(H,58,68)(H,59,71)(H,64,65)(H,73,74)(H4,47,48,50)/t29-,30-,31-,32-,33-,34-,35-,36-/m0/s1. The van der Waals surface area contributed by atoms with Gasteiger partial charge in [-0.2, -0.15) is 12.6 Å². The first-order valence-electron chi connectivity index (χ1n) is 23.2. The normalized spacial score (nSPS) is 14.0. The van der Waals surface area contributed by atoms with Crippen molar-refractivity contribution >= 4 is 77.8 Å². The van der Waals surface area contributed by atoms with E-state index in [2.05, 4.69) is 70.1 Å². The van der Waals surface area contributed by atoms with Crippen molar-refractivity contribution in [1.29, 1.82) is 0 Å². The minimum atomic E-state index is -1.80. The van der Waals surface area contributed by atoms with Gasteiger partial charge in [-0.1, -0.05) is 42.5 Å². The van der Waals surface area contributed by atoms with Crippen LogP contribution in [0, 0.1) is 0 Å². The Kier molecular flexibility index (Phi) is 25.5. The van der Waals surface area contributed by atoms with Crippen molar-refractivity contribution in [2.24, 2.45) is 16.5 Å². The predicted octanol–water partition coefficient (Wildman–Crippen LogP) is -5.04. The van der Waals surface area contributed by atoms with Gasteiger partial charge in [-0.25, -0.2) is 9.78 Å². The molecule has 29 heteroatoms. The Morgan fingerprint density at radius 3 is 1.53 bits per heavy atom. The summed E-state index contributed by atoms with van der Waals surface area (Å²) in [5.74, 6) is -11.6. The fourth-order valence-corrected chi connectivity index (χ4v) is 7.25. The van der Waals surface area contributed by atoms with E-state index in [4.69, 9.17) is 11.5 Å². The summed E-state index contributed by atoms with van der Waals surface area (Å²) in [4.78, 5) is 142. The summed E-state index contributed by atoms with van der Waals surface area (Å²) in [5, 5.41) is 68.1. The first kappa shape index (κ1) is 61.0. The zero-order chi connectivity index (χ0) is 55.6. The lowest BCUT2D eigenvalue weighted by molar-refractivity contribution is -0.142. The maximum atomic E-state index is 14.2. The average molecular weight is 1070 g/mol. The van der Waals surface area contributed by atoms with Crippen molar-refractivity contribution in [3.05, 3.63) is 83.9 Å². The second-order valence-electron chi connectivity index (χ2n) is 16.8. The Morgan fingerprint density at radius 1 is 0.600 bits per heavy atom. The van der Waals surface area contributed by atoms with E-state index < -0.39 is 139 Å². The molecule has 0 bridgehead atoms. The minimum absolute atomic E-state index is 0.0648. The molecule has 1 heterocycles. The number of phenols is 1. The monoisotopic (exact) mass is 1070 g/mol. The van der Waals surface area contributed by atoms with Gasteiger partial charge in [0.05, 0.1) is 19.5 Å². The van der Waals surface area contributed by atoms with Crippen LogP contribution in [0.25, 0.3) is 0 Å². The fourth-order valence-electron chi connectivity index (χ4n) is 6.99. The number of carboxylic acid groups (broad SMARTS) is 2. The Bertz CT molecular complexity index is 2450. The molecule has 3 rings (SSSR count). The van der Waals surface area contributed by atoms with Crippen molar-refractivity contribution in [2.45, 2.75) is 100 Å². The number of aliphatic hydroxyl groups excluding tert-OH is 2. The van der Waals surface area contributed by atoms with Crippen LogP contribution in [0.2, 0.25) is 0 Å². The second-order valence-corrected chi connectivity index (χ2v) is 17.2. The quantitative estimate of drug-likeness (QED) is 0.0120. The van der Waals surface area contributed by atoms with E-state index in [-0.39, 0.29) is 50.4 Å². The zero-order valence-corrected chi connectivity index (χ0v) is 41.5. The number of aromatic hydroxyl groups is 1. The molecule has 0 unspecified atom stereocenters. The van der Waals surface area contributed by atoms with Gasteiger partial charge in [0, 0.05) is 56.8 Å². The van der Waals surface area contributed by atoms with Crippen molar-refractivity contribution in [2.75, 3.05) is 25.5 Å². The number of aromatic nitrogens is 2. The van der Waals surface area contributed by atoms with Gasteiger partial charge in [0.2, 0.25) is 47.3 Å². The number of carbonyl (C=O) groups excluding carboxylic acids is 8. The predicted molar refractivity (Wildman–Crippen MR) is 268 cm³/mol. The van der Waals surface area contributed by atoms with E-state index >= 15 is 0 Å². The number of aliphatic hydroxyl groups is 2. The molecule has 408 valence electrons. The number of H-pyrrole nitrogens is 1. The third kappa shape index (κ3) is 21.7. The molecule has 0 aliphatic heterocycles. The largest absolute Gasteiger partial charge is 0.508 e. The molecule has 3 aromatic rings. The van der Waals surface area contributed by atoms with Crippen LogP contribution >= 0.6 is 12.6 Å². The van der Waals surface area contributed by atoms with Crippen molar-refractivity contribution in [1.82, 2.24) is 52.5 Å². The molecular formula is C46H63N13O15S. The number of hydrogen-bond donors (Lipinski definition) is 17. The number of amides is 8. The molecular weight excluding hydrogens is 1010 g/mol. The molecule has 18 N–H and O–H groups in total. The number of nitrogens with two attached hydrogens (primary N) is 2. The zero-order valence-electron chi connectivity index (χ0n) is 40.6. The average Bonchev–Trinajstić information content (AvgIpc) is 3.89. The van der Waals surface area contributed by atoms with Gasteiger partial charge in [0.15, 0.2) is 5.96 Å². The van der Waals surface area contributed by atoms with Crippen LogP contribution in [0.5, 0.6) is 5.75 Å². The molecule has 1 aromatic heterocycles. The molecule has 8 amide bonds. The molecule has 75 heavy (non-hydrogen) atoms. The minimum Gasteiger partial charge on any atom is -0.508 e. The topological polar surface area (TPSA) is 461 Å². The van der Waals surface area contributed by atoms with Crippen LogP contribution in [0.4, 0.5) is 0 Å². The van der Waals surface area contributed by atoms with E-state index in [1.54, 1.807) is 30.3 Å². The first-order chi connectivity index (χ1) is 35.6. The highest BCUT2D eigenvalue weighted by molar-refractivity contribution is 7.80. The Labute approximate surface area is 434 Å². The number of aliphatic imine (C=N–C) groups is 1. The number of benzene rings is 2. The highest BCUT2D eigenvalue weighted by Crippen LogP contribution is 2.13. The Balaban J connectivity index is 1.85. The van der Waals surface area contributed by atoms with E-state index in [0.717, 1.165) is 6.92 Å². The molecule has 0 spiro atoms. The summed E-state index contributed by atoms with van der Waals surface area (Å²) in [6.07, 6.45) is 0.690. The van der Waals surface area contributed by atoms with Crippen molar-refractivity contribution < 1.29 is 73.5 Å². The number of aliphatic carboxylic acids is 2. The van der Waals surface area contributed by atoms with Crippen LogP contribution in [0.1, 0.15) is 49.4 Å². The number of carbonyl (C=O) groups is 10. The van der Waals surface area contributed by atoms with Gasteiger partial charge in [0.1, 0.15) is 54.1 Å². The van der Waals surface area contributed by atoms with Crippen LogP contribution in [-0.4, -0.2) is 175 Å². The van der Waals surface area contributed by atoms with Gasteiger partial charge in [-0.05, 0) is 42.5 Å². The number of imidazole rings is 1. The fraction of sp³-hybridized carbons (Fsp3) is 0.435. The molecule has 0 saturated carbocycles. The summed E-state index contributed by atoms with van der Waals surface area (Å²) >= 11 is 4.14. The highest BCUT2D eigenvalue weighted by atomic mass is 32.1. The summed E-state index contributed by atoms with van der Waals surface area (Å²) in [7, 11) is 0. The van der Waals surface area contributed by atoms with E-state index in [1.165, 1.54) is 36.8 Å². The Hall–Kier alpha value is -8.31. The Morgan fingerprint density at radius 2 is 1.05 bits per heavy atom. The van der Waals surface area contributed by atoms with Gasteiger partial charge in [-0.15, -0.1) is 0 Å². The van der Waals surface area contributed by atoms with Gasteiger partial charge >= 0.3 is 11.9 Å². The summed E-state index contributed by atoms with van der Waals surface area (Å²) < 4.78 is 0. The number of phenolic OH excluding ortho intramolecular Hbond substituents is 1. The number of guanidine groups is 1. The first-order valence-corrected chi connectivity index (χ1v) is 23.8. The lowest BCUT2D eigenvalue weighted by atomic mass is 10.0. The smallest absolute Gasteiger partial charge is 0.326 e. The second kappa shape index (κ2) is 31.3. The molecule has 0 aliphatic rings. The molecule has 0 fully saturated rings. The highest BCUT2D eigenvalue weighted by Gasteiger charge is 2.35. The maximum Gasteiger partial charge on any atom is 0.326 e. The summed E-state index contributed by atoms with van der Waals surface area (Å²) in [6.45, 7) is -0.768. The van der Waals surface area contributed by atoms with Crippen LogP contribution in [0.3, 0.4) is 0 Å². The number of hydrogen-bond acceptors (Lipinski definition) is 16. The molecule has 2 aromatic carbocycles. The van der Waals surface area contributed by atoms with E-state index in [1.807, 2.05) is 0 Å². The van der Waals surface area contributed by atoms with Crippen LogP contribution in [0.15, 0.2) is 72.1 Å². The summed E-state index contributed by atoms with van der Waals surface area (Å²) in [5.41, 5.74) is 12.0. The number of thiol groups is 1. The molecule has 0 aliphatic carbocycles. The molecule has 28 nitrogen and oxygen atoms in total. The van der Waals surface area contributed by atoms with Crippen LogP contribution in [-0.2, 0) is 67.2 Å². The third-order valence-electron chi connectivity index (χ3n) is 10.9. The number of nitrogens with one attached hydrogen (secondary N) is 9. The van der Waals surface area contributed by atoms with Gasteiger partial charge < -0.3 is 84.5 Å².